The van der Waals surface area contributed by atoms with Gasteiger partial charge in [0, 0.05) is 16.7 Å². The van der Waals surface area contributed by atoms with Crippen molar-refractivity contribution >= 4 is 0 Å². The lowest BCUT2D eigenvalue weighted by molar-refractivity contribution is 0.283. The normalized spacial score (nSPS) is 17.7. The Balaban J connectivity index is 2.29. The van der Waals surface area contributed by atoms with Crippen molar-refractivity contribution in [2.75, 3.05) is 6.61 Å². The first kappa shape index (κ1) is 10.5. The molecular weight excluding hydrogens is 186 g/mol. The molecular formula is C13H19NO. The number of rotatable bonds is 2. The average Bonchev–Trinajstić information content (AvgIpc) is 2.41. The van der Waals surface area contributed by atoms with E-state index >= 15 is 0 Å². The summed E-state index contributed by atoms with van der Waals surface area (Å²) < 4.78 is 5.62. The van der Waals surface area contributed by atoms with Crippen LogP contribution in [-0.4, -0.2) is 11.6 Å². The molecule has 0 aliphatic carbocycles. The summed E-state index contributed by atoms with van der Waals surface area (Å²) in [6, 6.07) is 4.31. The minimum atomic E-state index is 0.124. The average molecular weight is 205 g/mol. The van der Waals surface area contributed by atoms with Crippen molar-refractivity contribution in [3.05, 3.63) is 23.4 Å². The van der Waals surface area contributed by atoms with Gasteiger partial charge in [-0.15, -0.1) is 0 Å². The van der Waals surface area contributed by atoms with Gasteiger partial charge < -0.3 is 4.74 Å². The maximum Gasteiger partial charge on any atom is 0.217 e. The topological polar surface area (TPSA) is 22.1 Å². The smallest absolute Gasteiger partial charge is 0.217 e. The molecule has 1 aliphatic rings. The van der Waals surface area contributed by atoms with E-state index in [4.69, 9.17) is 4.74 Å². The van der Waals surface area contributed by atoms with Crippen LogP contribution in [0.2, 0.25) is 0 Å². The van der Waals surface area contributed by atoms with E-state index in [2.05, 4.69) is 44.8 Å². The van der Waals surface area contributed by atoms with E-state index in [0.29, 0.717) is 5.92 Å². The first-order valence-corrected chi connectivity index (χ1v) is 5.62. The van der Waals surface area contributed by atoms with Crippen molar-refractivity contribution in [2.24, 2.45) is 5.92 Å². The van der Waals surface area contributed by atoms with Crippen LogP contribution in [0.15, 0.2) is 12.1 Å². The lowest BCUT2D eigenvalue weighted by Gasteiger charge is -2.14. The van der Waals surface area contributed by atoms with E-state index in [1.807, 2.05) is 0 Å². The molecule has 0 N–H and O–H groups in total. The number of aromatic nitrogens is 1. The second-order valence-corrected chi connectivity index (χ2v) is 5.43. The van der Waals surface area contributed by atoms with Crippen LogP contribution in [0.3, 0.4) is 0 Å². The maximum atomic E-state index is 5.62. The molecule has 0 bridgehead atoms. The Morgan fingerprint density at radius 1 is 1.40 bits per heavy atom. The zero-order chi connectivity index (χ0) is 11.1. The monoisotopic (exact) mass is 205 g/mol. The van der Waals surface area contributed by atoms with Gasteiger partial charge in [0.05, 0.1) is 6.61 Å². The summed E-state index contributed by atoms with van der Waals surface area (Å²) >= 11 is 0. The van der Waals surface area contributed by atoms with Crippen LogP contribution in [-0.2, 0) is 11.8 Å². The van der Waals surface area contributed by atoms with Gasteiger partial charge in [0.15, 0.2) is 0 Å². The first-order valence-electron chi connectivity index (χ1n) is 5.62. The predicted molar refractivity (Wildman–Crippen MR) is 61.3 cm³/mol. The molecule has 0 spiro atoms. The molecule has 0 saturated carbocycles. The lowest BCUT2D eigenvalue weighted by Crippen LogP contribution is -2.18. The molecule has 0 radical (unpaired) electrons. The number of hydrogen-bond donors (Lipinski definition) is 0. The first-order chi connectivity index (χ1) is 6.99. The Kier molecular flexibility index (Phi) is 2.45. The molecule has 2 nitrogen and oxygen atoms in total. The fraction of sp³-hybridized carbons (Fsp3) is 0.615. The summed E-state index contributed by atoms with van der Waals surface area (Å²) in [7, 11) is 0. The lowest BCUT2D eigenvalue weighted by atomic mass is 9.88. The molecule has 0 amide bonds. The highest BCUT2D eigenvalue weighted by Crippen LogP contribution is 2.36. The number of ether oxygens (including phenoxy) is 1. The number of hydrogen-bond acceptors (Lipinski definition) is 2. The van der Waals surface area contributed by atoms with Crippen LogP contribution in [0.25, 0.3) is 0 Å². The van der Waals surface area contributed by atoms with Crippen LogP contribution in [0, 0.1) is 5.92 Å². The van der Waals surface area contributed by atoms with Gasteiger partial charge in [-0.05, 0) is 18.4 Å². The fourth-order valence-electron chi connectivity index (χ4n) is 1.96. The fourth-order valence-corrected chi connectivity index (χ4v) is 1.96. The second kappa shape index (κ2) is 3.51. The summed E-state index contributed by atoms with van der Waals surface area (Å²) in [4.78, 5) is 4.57. The van der Waals surface area contributed by atoms with Gasteiger partial charge in [0.25, 0.3) is 0 Å². The molecule has 2 rings (SSSR count). The Morgan fingerprint density at radius 3 is 2.80 bits per heavy atom. The quantitative estimate of drug-likeness (QED) is 0.740. The third-order valence-corrected chi connectivity index (χ3v) is 2.83. The summed E-state index contributed by atoms with van der Waals surface area (Å²) in [6.45, 7) is 9.56. The highest BCUT2D eigenvalue weighted by molar-refractivity contribution is 5.38. The summed E-state index contributed by atoms with van der Waals surface area (Å²) in [5.41, 5.74) is 2.51. The largest absolute Gasteiger partial charge is 0.477 e. The van der Waals surface area contributed by atoms with Crippen LogP contribution in [0.4, 0.5) is 0 Å². The SMILES string of the molecule is CC(C)Cc1ccc2c(n1)OCC2(C)C. The van der Waals surface area contributed by atoms with Crippen LogP contribution >= 0.6 is 0 Å². The molecule has 82 valence electrons. The van der Waals surface area contributed by atoms with E-state index in [-0.39, 0.29) is 5.41 Å². The number of nitrogens with zero attached hydrogens (tertiary/aromatic N) is 1. The summed E-state index contributed by atoms with van der Waals surface area (Å²) in [5, 5.41) is 0. The molecule has 1 aromatic rings. The van der Waals surface area contributed by atoms with Gasteiger partial charge in [-0.3, -0.25) is 0 Å². The van der Waals surface area contributed by atoms with Gasteiger partial charge in [-0.25, -0.2) is 4.98 Å². The minimum absolute atomic E-state index is 0.124. The maximum absolute atomic E-state index is 5.62. The van der Waals surface area contributed by atoms with Crippen LogP contribution < -0.4 is 4.74 Å². The second-order valence-electron chi connectivity index (χ2n) is 5.43. The number of fused-ring (bicyclic) bond motifs is 1. The molecule has 2 heterocycles. The molecule has 1 aromatic heterocycles. The van der Waals surface area contributed by atoms with Crippen molar-refractivity contribution in [1.29, 1.82) is 0 Å². The Hall–Kier alpha value is -1.05. The van der Waals surface area contributed by atoms with Gasteiger partial charge in [-0.2, -0.15) is 0 Å². The van der Waals surface area contributed by atoms with Crippen molar-refractivity contribution in [3.8, 4) is 5.88 Å². The van der Waals surface area contributed by atoms with Crippen molar-refractivity contribution < 1.29 is 4.74 Å². The molecule has 2 heteroatoms. The van der Waals surface area contributed by atoms with E-state index in [0.717, 1.165) is 24.6 Å². The zero-order valence-corrected chi connectivity index (χ0v) is 10.0. The van der Waals surface area contributed by atoms with Gasteiger partial charge in [-0.1, -0.05) is 33.8 Å². The summed E-state index contributed by atoms with van der Waals surface area (Å²) in [6.07, 6.45) is 1.02. The number of pyridine rings is 1. The highest BCUT2D eigenvalue weighted by Gasteiger charge is 2.32. The highest BCUT2D eigenvalue weighted by atomic mass is 16.5. The summed E-state index contributed by atoms with van der Waals surface area (Å²) in [5.74, 6) is 1.49. The molecule has 0 atom stereocenters. The van der Waals surface area contributed by atoms with Gasteiger partial charge in [0.2, 0.25) is 5.88 Å². The molecule has 15 heavy (non-hydrogen) atoms. The predicted octanol–water partition coefficient (Wildman–Crippen LogP) is 2.95. The van der Waals surface area contributed by atoms with Crippen molar-refractivity contribution in [1.82, 2.24) is 4.98 Å². The van der Waals surface area contributed by atoms with E-state index in [1.54, 1.807) is 0 Å². The van der Waals surface area contributed by atoms with Gasteiger partial charge >= 0.3 is 0 Å². The Labute approximate surface area is 91.7 Å². The van der Waals surface area contributed by atoms with E-state index in [9.17, 15) is 0 Å². The third-order valence-electron chi connectivity index (χ3n) is 2.83. The van der Waals surface area contributed by atoms with E-state index in [1.165, 1.54) is 5.56 Å². The minimum Gasteiger partial charge on any atom is -0.477 e. The van der Waals surface area contributed by atoms with Crippen LogP contribution in [0.1, 0.15) is 39.0 Å². The molecule has 0 saturated heterocycles. The Morgan fingerprint density at radius 2 is 2.13 bits per heavy atom. The molecule has 1 aliphatic heterocycles. The van der Waals surface area contributed by atoms with Crippen molar-refractivity contribution in [3.63, 3.8) is 0 Å². The zero-order valence-electron chi connectivity index (χ0n) is 10.0. The van der Waals surface area contributed by atoms with Gasteiger partial charge in [0.1, 0.15) is 0 Å². The van der Waals surface area contributed by atoms with Crippen LogP contribution in [0.5, 0.6) is 5.88 Å². The molecule has 0 aromatic carbocycles. The molecule has 0 fully saturated rings. The van der Waals surface area contributed by atoms with E-state index < -0.39 is 0 Å². The third kappa shape index (κ3) is 1.99. The molecule has 0 unspecified atom stereocenters. The standard InChI is InChI=1S/C13H19NO/c1-9(2)7-10-5-6-11-12(14-10)15-8-13(11,3)4/h5-6,9H,7-8H2,1-4H3. The Bertz CT molecular complexity index is 369. The van der Waals surface area contributed by atoms with Crippen molar-refractivity contribution in [2.45, 2.75) is 39.5 Å².